The number of nitrogens with zero attached hydrogens (tertiary/aromatic N) is 3. The van der Waals surface area contributed by atoms with Gasteiger partial charge in [-0.05, 0) is 18.8 Å². The highest BCUT2D eigenvalue weighted by Crippen LogP contribution is 2.38. The second kappa shape index (κ2) is 5.32. The number of urea groups is 1. The zero-order valence-electron chi connectivity index (χ0n) is 14.2. The van der Waals surface area contributed by atoms with E-state index in [9.17, 15) is 9.59 Å². The smallest absolute Gasteiger partial charge is 0.325 e. The van der Waals surface area contributed by atoms with E-state index >= 15 is 0 Å². The minimum Gasteiger partial charge on any atom is -0.337 e. The number of hydrogen-bond donors (Lipinski definition) is 1. The van der Waals surface area contributed by atoms with Gasteiger partial charge in [-0.1, -0.05) is 45.7 Å². The average Bonchev–Trinajstić information content (AvgIpc) is 3.02. The van der Waals surface area contributed by atoms with Crippen LogP contribution in [0.25, 0.3) is 0 Å². The highest BCUT2D eigenvalue weighted by molar-refractivity contribution is 6.07. The third-order valence-corrected chi connectivity index (χ3v) is 4.93. The van der Waals surface area contributed by atoms with Crippen LogP contribution in [-0.2, 0) is 16.8 Å². The molecule has 1 aromatic rings. The van der Waals surface area contributed by atoms with Crippen molar-refractivity contribution in [3.05, 3.63) is 11.7 Å². The van der Waals surface area contributed by atoms with Crippen molar-refractivity contribution in [3.8, 4) is 0 Å². The van der Waals surface area contributed by atoms with Crippen molar-refractivity contribution in [3.63, 3.8) is 0 Å². The van der Waals surface area contributed by atoms with E-state index < -0.39 is 5.54 Å². The summed E-state index contributed by atoms with van der Waals surface area (Å²) < 4.78 is 5.22. The Balaban J connectivity index is 1.80. The van der Waals surface area contributed by atoms with Crippen LogP contribution in [0.3, 0.4) is 0 Å². The fourth-order valence-electron chi connectivity index (χ4n) is 3.40. The van der Waals surface area contributed by atoms with Gasteiger partial charge < -0.3 is 9.84 Å². The number of imide groups is 1. The molecule has 2 aliphatic rings. The van der Waals surface area contributed by atoms with Gasteiger partial charge in [0.05, 0.1) is 0 Å². The molecule has 23 heavy (non-hydrogen) atoms. The number of nitrogens with one attached hydrogen (secondary N) is 1. The SMILES string of the molecule is CC1CCCCC12NC(=O)N(Cc1nc(C(C)(C)C)no1)C2=O. The number of carbonyl (C=O) groups is 2. The molecule has 7 nitrogen and oxygen atoms in total. The molecule has 7 heteroatoms. The molecule has 0 bridgehead atoms. The van der Waals surface area contributed by atoms with Crippen molar-refractivity contribution >= 4 is 11.9 Å². The second-order valence-corrected chi connectivity index (χ2v) is 7.70. The van der Waals surface area contributed by atoms with Gasteiger partial charge in [-0.25, -0.2) is 4.79 Å². The van der Waals surface area contributed by atoms with Crippen molar-refractivity contribution in [1.82, 2.24) is 20.4 Å². The lowest BCUT2D eigenvalue weighted by Gasteiger charge is -2.36. The van der Waals surface area contributed by atoms with E-state index in [1.165, 1.54) is 4.90 Å². The number of carbonyl (C=O) groups excluding carboxylic acids is 2. The fourth-order valence-corrected chi connectivity index (χ4v) is 3.40. The van der Waals surface area contributed by atoms with Gasteiger partial charge in [-0.2, -0.15) is 4.98 Å². The van der Waals surface area contributed by atoms with E-state index in [1.807, 2.05) is 27.7 Å². The van der Waals surface area contributed by atoms with Gasteiger partial charge in [0.25, 0.3) is 5.91 Å². The summed E-state index contributed by atoms with van der Waals surface area (Å²) in [6.45, 7) is 8.00. The predicted molar refractivity (Wildman–Crippen MR) is 82.4 cm³/mol. The molecule has 1 saturated heterocycles. The summed E-state index contributed by atoms with van der Waals surface area (Å²) in [6, 6.07) is -0.362. The largest absolute Gasteiger partial charge is 0.337 e. The lowest BCUT2D eigenvalue weighted by molar-refractivity contribution is -0.134. The predicted octanol–water partition coefficient (Wildman–Crippen LogP) is 2.37. The van der Waals surface area contributed by atoms with Crippen LogP contribution in [0, 0.1) is 5.92 Å². The van der Waals surface area contributed by atoms with Gasteiger partial charge in [0, 0.05) is 5.41 Å². The topological polar surface area (TPSA) is 88.3 Å². The Bertz CT molecular complexity index is 634. The summed E-state index contributed by atoms with van der Waals surface area (Å²) in [5.74, 6) is 0.843. The zero-order chi connectivity index (χ0) is 16.8. The van der Waals surface area contributed by atoms with E-state index in [4.69, 9.17) is 4.52 Å². The molecule has 1 aromatic heterocycles. The third kappa shape index (κ3) is 2.62. The van der Waals surface area contributed by atoms with Crippen LogP contribution in [0.1, 0.15) is 65.1 Å². The molecule has 3 amide bonds. The Morgan fingerprint density at radius 2 is 2.09 bits per heavy atom. The Labute approximate surface area is 135 Å². The molecular weight excluding hydrogens is 296 g/mol. The Hall–Kier alpha value is -1.92. The monoisotopic (exact) mass is 320 g/mol. The van der Waals surface area contributed by atoms with Crippen LogP contribution in [0.4, 0.5) is 4.79 Å². The summed E-state index contributed by atoms with van der Waals surface area (Å²) in [6.07, 6.45) is 3.71. The van der Waals surface area contributed by atoms with Crippen LogP contribution in [0.2, 0.25) is 0 Å². The Morgan fingerprint density at radius 1 is 1.35 bits per heavy atom. The molecule has 2 atom stereocenters. The number of hydrogen-bond acceptors (Lipinski definition) is 5. The van der Waals surface area contributed by atoms with Gasteiger partial charge in [0.1, 0.15) is 12.1 Å². The molecule has 126 valence electrons. The highest BCUT2D eigenvalue weighted by atomic mass is 16.5. The Kier molecular flexibility index (Phi) is 3.69. The molecule has 1 spiro atoms. The van der Waals surface area contributed by atoms with Crippen LogP contribution in [0.15, 0.2) is 4.52 Å². The first-order valence-corrected chi connectivity index (χ1v) is 8.21. The maximum Gasteiger partial charge on any atom is 0.325 e. The number of aromatic nitrogens is 2. The van der Waals surface area contributed by atoms with Crippen molar-refractivity contribution in [2.75, 3.05) is 0 Å². The Morgan fingerprint density at radius 3 is 2.70 bits per heavy atom. The lowest BCUT2D eigenvalue weighted by Crippen LogP contribution is -2.53. The molecule has 2 fully saturated rings. The third-order valence-electron chi connectivity index (χ3n) is 4.93. The van der Waals surface area contributed by atoms with Crippen molar-refractivity contribution < 1.29 is 14.1 Å². The maximum absolute atomic E-state index is 12.9. The second-order valence-electron chi connectivity index (χ2n) is 7.70. The maximum atomic E-state index is 12.9. The minimum absolute atomic E-state index is 0.0300. The summed E-state index contributed by atoms with van der Waals surface area (Å²) >= 11 is 0. The lowest BCUT2D eigenvalue weighted by atomic mass is 9.73. The summed E-state index contributed by atoms with van der Waals surface area (Å²) in [5, 5.41) is 6.87. The van der Waals surface area contributed by atoms with Gasteiger partial charge in [0.15, 0.2) is 5.82 Å². The van der Waals surface area contributed by atoms with Gasteiger partial charge in [-0.3, -0.25) is 9.69 Å². The molecule has 1 aliphatic carbocycles. The van der Waals surface area contributed by atoms with Crippen molar-refractivity contribution in [2.24, 2.45) is 5.92 Å². The highest BCUT2D eigenvalue weighted by Gasteiger charge is 2.55. The van der Waals surface area contributed by atoms with Crippen molar-refractivity contribution in [2.45, 2.75) is 70.9 Å². The fraction of sp³-hybridized carbons (Fsp3) is 0.750. The first-order chi connectivity index (χ1) is 10.7. The molecule has 3 rings (SSSR count). The van der Waals surface area contributed by atoms with E-state index in [0.717, 1.165) is 19.3 Å². The number of rotatable bonds is 2. The summed E-state index contributed by atoms with van der Waals surface area (Å²) in [4.78, 5) is 30.7. The molecule has 1 saturated carbocycles. The average molecular weight is 320 g/mol. The van der Waals surface area contributed by atoms with E-state index in [-0.39, 0.29) is 29.8 Å². The molecular formula is C16H24N4O3. The van der Waals surface area contributed by atoms with Crippen molar-refractivity contribution in [1.29, 1.82) is 0 Å². The van der Waals surface area contributed by atoms with Crippen LogP contribution >= 0.6 is 0 Å². The van der Waals surface area contributed by atoms with Crippen LogP contribution in [0.5, 0.6) is 0 Å². The first-order valence-electron chi connectivity index (χ1n) is 8.21. The minimum atomic E-state index is -0.748. The standard InChI is InChI=1S/C16H24N4O3/c1-10-7-5-6-8-16(10)13(21)20(14(22)18-16)9-11-17-12(19-23-11)15(2,3)4/h10H,5-9H2,1-4H3,(H,18,22). The normalized spacial score (nSPS) is 28.5. The summed E-state index contributed by atoms with van der Waals surface area (Å²) in [5.41, 5.74) is -0.986. The molecule has 2 unspecified atom stereocenters. The van der Waals surface area contributed by atoms with Gasteiger partial charge in [0.2, 0.25) is 5.89 Å². The van der Waals surface area contributed by atoms with Crippen LogP contribution in [-0.4, -0.2) is 32.5 Å². The molecule has 1 aliphatic heterocycles. The zero-order valence-corrected chi connectivity index (χ0v) is 14.2. The number of amides is 3. The van der Waals surface area contributed by atoms with Gasteiger partial charge >= 0.3 is 6.03 Å². The molecule has 1 N–H and O–H groups in total. The quantitative estimate of drug-likeness (QED) is 0.845. The van der Waals surface area contributed by atoms with E-state index in [1.54, 1.807) is 0 Å². The molecule has 2 heterocycles. The molecule has 0 aromatic carbocycles. The van der Waals surface area contributed by atoms with E-state index in [0.29, 0.717) is 18.1 Å². The van der Waals surface area contributed by atoms with Gasteiger partial charge in [-0.15, -0.1) is 0 Å². The van der Waals surface area contributed by atoms with Crippen LogP contribution < -0.4 is 5.32 Å². The summed E-state index contributed by atoms with van der Waals surface area (Å²) in [7, 11) is 0. The first kappa shape index (κ1) is 16.0. The molecule has 0 radical (unpaired) electrons. The van der Waals surface area contributed by atoms with E-state index in [2.05, 4.69) is 15.5 Å².